The monoisotopic (exact) mass is 393 g/mol. The normalized spacial score (nSPS) is 19.1. The molecule has 0 unspecified atom stereocenters. The Labute approximate surface area is 172 Å². The van der Waals surface area contributed by atoms with Gasteiger partial charge >= 0.3 is 0 Å². The van der Waals surface area contributed by atoms with Crippen LogP contribution in [0.5, 0.6) is 0 Å². The summed E-state index contributed by atoms with van der Waals surface area (Å²) in [6, 6.07) is 8.75. The number of thiocarbonyl (C=S) groups is 1. The molecule has 1 saturated heterocycles. The molecule has 2 fully saturated rings. The highest BCUT2D eigenvalue weighted by Crippen LogP contribution is 2.34. The molecule has 4 rings (SSSR count). The van der Waals surface area contributed by atoms with Crippen LogP contribution in [0.15, 0.2) is 30.0 Å². The fraction of sp³-hybridized carbons (Fsp3) is 0.391. The molecule has 1 amide bonds. The smallest absolute Gasteiger partial charge is 0.281 e. The van der Waals surface area contributed by atoms with Crippen molar-refractivity contribution in [1.29, 1.82) is 0 Å². The summed E-state index contributed by atoms with van der Waals surface area (Å²) in [6.45, 7) is 8.41. The summed E-state index contributed by atoms with van der Waals surface area (Å²) in [5.41, 5.74) is 7.26. The van der Waals surface area contributed by atoms with Crippen LogP contribution in [0, 0.1) is 27.7 Å². The van der Waals surface area contributed by atoms with Crippen molar-refractivity contribution >= 4 is 35.0 Å². The number of aryl methyl sites for hydroxylation is 3. The van der Waals surface area contributed by atoms with Crippen molar-refractivity contribution < 1.29 is 4.79 Å². The van der Waals surface area contributed by atoms with Crippen molar-refractivity contribution in [3.05, 3.63) is 58.0 Å². The number of rotatable bonds is 3. The van der Waals surface area contributed by atoms with Gasteiger partial charge in [-0.3, -0.25) is 9.69 Å². The molecule has 1 N–H and O–H groups in total. The van der Waals surface area contributed by atoms with Crippen LogP contribution in [0.4, 0.5) is 5.69 Å². The van der Waals surface area contributed by atoms with E-state index in [2.05, 4.69) is 36.7 Å². The van der Waals surface area contributed by atoms with Gasteiger partial charge in [-0.1, -0.05) is 18.9 Å². The maximum atomic E-state index is 13.1. The number of anilines is 1. The van der Waals surface area contributed by atoms with Crippen molar-refractivity contribution in [1.82, 2.24) is 9.88 Å². The van der Waals surface area contributed by atoms with Crippen LogP contribution in [0.1, 0.15) is 59.8 Å². The molecule has 1 aromatic heterocycles. The molecule has 28 heavy (non-hydrogen) atoms. The van der Waals surface area contributed by atoms with E-state index in [0.29, 0.717) is 16.9 Å². The number of carbonyl (C=O) groups excluding carboxylic acids is 1. The van der Waals surface area contributed by atoms with E-state index in [1.165, 1.54) is 42.6 Å². The largest absolute Gasteiger partial charge is 0.346 e. The molecule has 1 saturated carbocycles. The van der Waals surface area contributed by atoms with Crippen LogP contribution in [0.25, 0.3) is 6.08 Å². The zero-order valence-corrected chi connectivity index (χ0v) is 17.8. The number of amides is 1. The summed E-state index contributed by atoms with van der Waals surface area (Å²) in [5.74, 6) is -0.0982. The second-order valence-corrected chi connectivity index (χ2v) is 8.42. The molecule has 4 nitrogen and oxygen atoms in total. The molecular formula is C23H27N3OS. The van der Waals surface area contributed by atoms with E-state index >= 15 is 0 Å². The summed E-state index contributed by atoms with van der Waals surface area (Å²) in [7, 11) is 0. The molecule has 0 bridgehead atoms. The molecule has 1 aliphatic carbocycles. The Bertz CT molecular complexity index is 996. The standard InChI is InChI=1S/C23H27N3OS/c1-14-9-10-20(11-15(14)2)26-22(27)21(24-23(26)28)13-18-12-16(3)25(17(18)4)19-7-5-6-8-19/h9-13,19H,5-8H2,1-4H3,(H,24,28)/b21-13-. The minimum atomic E-state index is -0.0982. The van der Waals surface area contributed by atoms with Gasteiger partial charge in [-0.25, -0.2) is 0 Å². The Morgan fingerprint density at radius 3 is 2.46 bits per heavy atom. The van der Waals surface area contributed by atoms with Crippen LogP contribution in [0.2, 0.25) is 0 Å². The summed E-state index contributed by atoms with van der Waals surface area (Å²) < 4.78 is 2.44. The zero-order valence-electron chi connectivity index (χ0n) is 17.0. The fourth-order valence-electron chi connectivity index (χ4n) is 4.46. The third-order valence-electron chi connectivity index (χ3n) is 6.14. The highest BCUT2D eigenvalue weighted by molar-refractivity contribution is 7.80. The van der Waals surface area contributed by atoms with Crippen molar-refractivity contribution in [3.63, 3.8) is 0 Å². The van der Waals surface area contributed by atoms with Gasteiger partial charge in [0.1, 0.15) is 5.70 Å². The molecule has 5 heteroatoms. The number of hydrogen-bond donors (Lipinski definition) is 1. The maximum absolute atomic E-state index is 13.1. The lowest BCUT2D eigenvalue weighted by atomic mass is 10.1. The van der Waals surface area contributed by atoms with Crippen LogP contribution in [-0.4, -0.2) is 15.6 Å². The third kappa shape index (κ3) is 3.18. The molecule has 1 aliphatic heterocycles. The molecule has 2 heterocycles. The first-order valence-corrected chi connectivity index (χ1v) is 10.4. The van der Waals surface area contributed by atoms with Gasteiger partial charge in [0.05, 0.1) is 5.69 Å². The first-order chi connectivity index (χ1) is 13.4. The Kier molecular flexibility index (Phi) is 4.88. The van der Waals surface area contributed by atoms with Crippen LogP contribution in [-0.2, 0) is 4.79 Å². The Morgan fingerprint density at radius 1 is 1.07 bits per heavy atom. The lowest BCUT2D eigenvalue weighted by molar-refractivity contribution is -0.113. The summed E-state index contributed by atoms with van der Waals surface area (Å²) >= 11 is 5.47. The number of benzene rings is 1. The lowest BCUT2D eigenvalue weighted by Crippen LogP contribution is -2.30. The molecule has 0 spiro atoms. The lowest BCUT2D eigenvalue weighted by Gasteiger charge is -2.17. The van der Waals surface area contributed by atoms with Gasteiger partial charge in [-0.15, -0.1) is 0 Å². The van der Waals surface area contributed by atoms with Gasteiger partial charge in [0.25, 0.3) is 5.91 Å². The van der Waals surface area contributed by atoms with E-state index in [9.17, 15) is 4.79 Å². The predicted molar refractivity (Wildman–Crippen MR) is 119 cm³/mol. The van der Waals surface area contributed by atoms with Crippen molar-refractivity contribution in [2.24, 2.45) is 0 Å². The van der Waals surface area contributed by atoms with E-state index in [4.69, 9.17) is 12.2 Å². The molecule has 0 radical (unpaired) electrons. The van der Waals surface area contributed by atoms with E-state index in [1.807, 2.05) is 31.2 Å². The van der Waals surface area contributed by atoms with Crippen molar-refractivity contribution in [2.45, 2.75) is 59.4 Å². The zero-order chi connectivity index (χ0) is 20.0. The Morgan fingerprint density at radius 2 is 1.79 bits per heavy atom. The average Bonchev–Trinajstić information content (AvgIpc) is 3.32. The van der Waals surface area contributed by atoms with Gasteiger partial charge in [0.15, 0.2) is 5.11 Å². The quantitative estimate of drug-likeness (QED) is 0.582. The van der Waals surface area contributed by atoms with E-state index in [0.717, 1.165) is 16.8 Å². The Hall–Kier alpha value is -2.40. The van der Waals surface area contributed by atoms with E-state index in [-0.39, 0.29) is 5.91 Å². The molecule has 0 atom stereocenters. The number of aromatic nitrogens is 1. The summed E-state index contributed by atoms with van der Waals surface area (Å²) in [4.78, 5) is 14.7. The van der Waals surface area contributed by atoms with Gasteiger partial charge in [-0.2, -0.15) is 0 Å². The Balaban J connectivity index is 1.66. The predicted octanol–water partition coefficient (Wildman–Crippen LogP) is 5.10. The number of nitrogens with one attached hydrogen (secondary N) is 1. The molecule has 2 aromatic rings. The van der Waals surface area contributed by atoms with Crippen molar-refractivity contribution in [3.8, 4) is 0 Å². The SMILES string of the molecule is Cc1ccc(N2C(=O)/C(=C/c3cc(C)n(C4CCCC4)c3C)NC2=S)cc1C. The second kappa shape index (κ2) is 7.21. The average molecular weight is 394 g/mol. The number of carbonyl (C=O) groups is 1. The van der Waals surface area contributed by atoms with Crippen LogP contribution >= 0.6 is 12.2 Å². The highest BCUT2D eigenvalue weighted by atomic mass is 32.1. The van der Waals surface area contributed by atoms with Crippen LogP contribution in [0.3, 0.4) is 0 Å². The van der Waals surface area contributed by atoms with Gasteiger partial charge < -0.3 is 9.88 Å². The van der Waals surface area contributed by atoms with Gasteiger partial charge in [-0.05, 0) is 93.7 Å². The minimum absolute atomic E-state index is 0.0982. The van der Waals surface area contributed by atoms with Crippen LogP contribution < -0.4 is 10.2 Å². The fourth-order valence-corrected chi connectivity index (χ4v) is 4.76. The summed E-state index contributed by atoms with van der Waals surface area (Å²) in [5, 5.41) is 3.55. The maximum Gasteiger partial charge on any atom is 0.281 e. The highest BCUT2D eigenvalue weighted by Gasteiger charge is 2.32. The number of hydrogen-bond acceptors (Lipinski definition) is 2. The third-order valence-corrected chi connectivity index (χ3v) is 6.42. The second-order valence-electron chi connectivity index (χ2n) is 8.03. The van der Waals surface area contributed by atoms with E-state index in [1.54, 1.807) is 4.90 Å². The number of nitrogens with zero attached hydrogens (tertiary/aromatic N) is 2. The molecule has 1 aromatic carbocycles. The van der Waals surface area contributed by atoms with Gasteiger partial charge in [0, 0.05) is 17.4 Å². The first kappa shape index (κ1) is 18.9. The molecular weight excluding hydrogens is 366 g/mol. The minimum Gasteiger partial charge on any atom is -0.346 e. The topological polar surface area (TPSA) is 37.3 Å². The summed E-state index contributed by atoms with van der Waals surface area (Å²) in [6.07, 6.45) is 7.04. The van der Waals surface area contributed by atoms with E-state index < -0.39 is 0 Å². The van der Waals surface area contributed by atoms with Crippen molar-refractivity contribution in [2.75, 3.05) is 4.90 Å². The molecule has 2 aliphatic rings. The molecule has 146 valence electrons. The first-order valence-electron chi connectivity index (χ1n) is 9.99. The van der Waals surface area contributed by atoms with Gasteiger partial charge in [0.2, 0.25) is 0 Å².